The number of aryl methyl sites for hydroxylation is 1. The lowest BCUT2D eigenvalue weighted by molar-refractivity contribution is -0.132. The van der Waals surface area contributed by atoms with Crippen molar-refractivity contribution < 1.29 is 38.8 Å². The number of anilines is 1. The zero-order chi connectivity index (χ0) is 29.8. The summed E-state index contributed by atoms with van der Waals surface area (Å²) in [5.41, 5.74) is 0.667. The Labute approximate surface area is 248 Å². The van der Waals surface area contributed by atoms with Gasteiger partial charge in [-0.1, -0.05) is 43.0 Å². The number of aliphatic hydroxyl groups is 1. The monoisotopic (exact) mass is 642 g/mol. The normalized spacial score (nSPS) is 16.1. The fraction of sp³-hybridized carbons (Fsp3) is 0.241. The third-order valence-electron chi connectivity index (χ3n) is 6.12. The number of amides is 1. The van der Waals surface area contributed by atoms with Gasteiger partial charge in [0.2, 0.25) is 0 Å². The van der Waals surface area contributed by atoms with E-state index in [-0.39, 0.29) is 43.7 Å². The van der Waals surface area contributed by atoms with E-state index in [9.17, 15) is 24.6 Å². The first-order valence-corrected chi connectivity index (χ1v) is 14.1. The van der Waals surface area contributed by atoms with Gasteiger partial charge in [-0.25, -0.2) is 9.78 Å². The molecule has 0 saturated carbocycles. The first-order valence-electron chi connectivity index (χ1n) is 12.5. The minimum atomic E-state index is -1.19. The van der Waals surface area contributed by atoms with Gasteiger partial charge < -0.3 is 24.4 Å². The maximum Gasteiger partial charge on any atom is 0.350 e. The van der Waals surface area contributed by atoms with E-state index in [0.29, 0.717) is 23.6 Å². The Kier molecular flexibility index (Phi) is 9.14. The van der Waals surface area contributed by atoms with Crippen molar-refractivity contribution in [2.45, 2.75) is 26.3 Å². The number of ketones is 1. The minimum Gasteiger partial charge on any atom is -0.507 e. The molecular weight excluding hydrogens is 616 g/mol. The van der Waals surface area contributed by atoms with E-state index in [2.05, 4.69) is 27.5 Å². The topological polar surface area (TPSA) is 135 Å². The van der Waals surface area contributed by atoms with Crippen molar-refractivity contribution in [2.75, 3.05) is 25.2 Å². The summed E-state index contributed by atoms with van der Waals surface area (Å²) in [5, 5.41) is 21.9. The van der Waals surface area contributed by atoms with Gasteiger partial charge in [-0.3, -0.25) is 14.5 Å². The van der Waals surface area contributed by atoms with E-state index >= 15 is 0 Å². The molecule has 1 fully saturated rings. The van der Waals surface area contributed by atoms with Crippen LogP contribution in [0.15, 0.2) is 59.1 Å². The largest absolute Gasteiger partial charge is 0.507 e. The number of aliphatic hydroxyl groups excluding tert-OH is 1. The summed E-state index contributed by atoms with van der Waals surface area (Å²) in [7, 11) is 1.36. The van der Waals surface area contributed by atoms with Crippen LogP contribution in [-0.4, -0.2) is 53.2 Å². The van der Waals surface area contributed by atoms with Gasteiger partial charge in [0.15, 0.2) is 16.6 Å². The quantitative estimate of drug-likeness (QED) is 0.0940. The first kappa shape index (κ1) is 29.8. The van der Waals surface area contributed by atoms with Crippen molar-refractivity contribution in [1.82, 2.24) is 4.98 Å². The lowest BCUT2D eigenvalue weighted by Gasteiger charge is -2.24. The van der Waals surface area contributed by atoms with Gasteiger partial charge >= 0.3 is 11.9 Å². The highest BCUT2D eigenvalue weighted by molar-refractivity contribution is 9.10. The van der Waals surface area contributed by atoms with Crippen LogP contribution in [0.25, 0.3) is 5.76 Å². The Hall–Kier alpha value is -4.16. The second-order valence-electron chi connectivity index (χ2n) is 8.90. The molecule has 1 aliphatic rings. The van der Waals surface area contributed by atoms with Gasteiger partial charge in [-0.15, -0.1) is 0 Å². The molecular formula is C29H27BrN2O8S. The van der Waals surface area contributed by atoms with Gasteiger partial charge in [0.05, 0.1) is 35.5 Å². The summed E-state index contributed by atoms with van der Waals surface area (Å²) in [5.74, 6) is -2.65. The first-order chi connectivity index (χ1) is 19.6. The number of Topliss-reactive ketones (excluding diaryl/α,β-unsaturated/α-hetero) is 1. The Morgan fingerprint density at radius 3 is 2.71 bits per heavy atom. The van der Waals surface area contributed by atoms with E-state index in [1.54, 1.807) is 31.2 Å². The lowest BCUT2D eigenvalue weighted by atomic mass is 9.95. The van der Waals surface area contributed by atoms with Crippen LogP contribution < -0.4 is 14.4 Å². The molecule has 10 nitrogen and oxygen atoms in total. The summed E-state index contributed by atoms with van der Waals surface area (Å²) in [6.07, 6.45) is 2.20. The summed E-state index contributed by atoms with van der Waals surface area (Å²) in [6, 6.07) is 8.32. The molecule has 2 N–H and O–H groups in total. The molecule has 3 aromatic rings. The van der Waals surface area contributed by atoms with Crippen LogP contribution in [0.3, 0.4) is 0 Å². The number of phenolic OH excluding ortho intramolecular Hbond substituents is 1. The average Bonchev–Trinajstić information content (AvgIpc) is 3.47. The Morgan fingerprint density at radius 1 is 1.27 bits per heavy atom. The number of hydrogen-bond acceptors (Lipinski definition) is 10. The van der Waals surface area contributed by atoms with Crippen LogP contribution in [0.1, 0.15) is 45.9 Å². The highest BCUT2D eigenvalue weighted by Crippen LogP contribution is 2.47. The number of nitrogens with zero attached hydrogens (tertiary/aromatic N) is 2. The van der Waals surface area contributed by atoms with Gasteiger partial charge in [-0.05, 0) is 59.1 Å². The lowest BCUT2D eigenvalue weighted by Crippen LogP contribution is -2.29. The van der Waals surface area contributed by atoms with Crippen LogP contribution in [0.4, 0.5) is 5.13 Å². The van der Waals surface area contributed by atoms with Crippen LogP contribution >= 0.6 is 27.3 Å². The maximum absolute atomic E-state index is 13.6. The Morgan fingerprint density at radius 2 is 2.02 bits per heavy atom. The zero-order valence-electron chi connectivity index (χ0n) is 22.5. The van der Waals surface area contributed by atoms with Gasteiger partial charge in [-0.2, -0.15) is 0 Å². The van der Waals surface area contributed by atoms with Crippen molar-refractivity contribution >= 4 is 55.8 Å². The summed E-state index contributed by atoms with van der Waals surface area (Å²) < 4.78 is 16.4. The molecule has 12 heteroatoms. The fourth-order valence-electron chi connectivity index (χ4n) is 4.24. The number of benzene rings is 2. The number of thiazole rings is 1. The predicted octanol–water partition coefficient (Wildman–Crippen LogP) is 5.69. The second-order valence-corrected chi connectivity index (χ2v) is 10.7. The summed E-state index contributed by atoms with van der Waals surface area (Å²) in [4.78, 5) is 45.4. The number of hydrogen-bond donors (Lipinski definition) is 2. The van der Waals surface area contributed by atoms with Crippen LogP contribution in [0.2, 0.25) is 0 Å². The molecule has 1 atom stereocenters. The molecule has 0 spiro atoms. The summed E-state index contributed by atoms with van der Waals surface area (Å²) in [6.45, 7) is 7.51. The van der Waals surface area contributed by atoms with Crippen LogP contribution in [0.5, 0.6) is 17.2 Å². The average molecular weight is 644 g/mol. The number of carbonyl (C=O) groups is 3. The number of carbonyl (C=O) groups excluding carboxylic acids is 3. The predicted molar refractivity (Wildman–Crippen MR) is 157 cm³/mol. The number of ether oxygens (including phenoxy) is 3. The standard InChI is InChI=1S/C29H27BrN2O8S/c1-5-10-39-18-9-7-8-16(12-18)23(33)21-22(17-13-19(30)24(34)20(14-17)38-4)32(27(36)25(21)35)29-31-15(3)26(41-29)28(37)40-11-6-2/h6-9,12-14,22,33-34H,2,5,10-11H2,1,3-4H3/b23-21+. The van der Waals surface area contributed by atoms with Crippen LogP contribution in [0, 0.1) is 6.92 Å². The van der Waals surface area contributed by atoms with Crippen molar-refractivity contribution in [1.29, 1.82) is 0 Å². The third kappa shape index (κ3) is 5.84. The van der Waals surface area contributed by atoms with Gasteiger partial charge in [0.25, 0.3) is 5.78 Å². The number of halogens is 1. The van der Waals surface area contributed by atoms with E-state index in [1.807, 2.05) is 6.92 Å². The van der Waals surface area contributed by atoms with E-state index in [0.717, 1.165) is 22.7 Å². The molecule has 214 valence electrons. The minimum absolute atomic E-state index is 0.0155. The molecule has 0 aliphatic carbocycles. The second kappa shape index (κ2) is 12.6. The number of rotatable bonds is 10. The fourth-order valence-corrected chi connectivity index (χ4v) is 5.68. The maximum atomic E-state index is 13.6. The molecule has 1 unspecified atom stereocenters. The van der Waals surface area contributed by atoms with E-state index in [4.69, 9.17) is 14.2 Å². The molecule has 4 rings (SSSR count). The van der Waals surface area contributed by atoms with Crippen molar-refractivity contribution in [3.63, 3.8) is 0 Å². The smallest absolute Gasteiger partial charge is 0.350 e. The SMILES string of the molecule is C=CCOC(=O)c1sc(N2C(=O)C(=O)/C(=C(/O)c3cccc(OCCC)c3)C2c2cc(Br)c(O)c(OC)c2)nc1C. The number of methoxy groups -OCH3 is 1. The third-order valence-corrected chi connectivity index (χ3v) is 7.86. The highest BCUT2D eigenvalue weighted by Gasteiger charge is 2.49. The molecule has 2 aromatic carbocycles. The van der Waals surface area contributed by atoms with E-state index < -0.39 is 29.5 Å². The van der Waals surface area contributed by atoms with Crippen LogP contribution in [-0.2, 0) is 14.3 Å². The molecule has 1 amide bonds. The van der Waals surface area contributed by atoms with Gasteiger partial charge in [0, 0.05) is 5.56 Å². The number of phenols is 1. The molecule has 1 saturated heterocycles. The Balaban J connectivity index is 1.93. The van der Waals surface area contributed by atoms with Gasteiger partial charge in [0.1, 0.15) is 23.0 Å². The molecule has 41 heavy (non-hydrogen) atoms. The van der Waals surface area contributed by atoms with Crippen molar-refractivity contribution in [2.24, 2.45) is 0 Å². The Bertz CT molecular complexity index is 1560. The van der Waals surface area contributed by atoms with Crippen molar-refractivity contribution in [3.8, 4) is 17.2 Å². The molecule has 0 bridgehead atoms. The molecule has 0 radical (unpaired) electrons. The number of aromatic nitrogens is 1. The number of aromatic hydroxyl groups is 1. The number of esters is 1. The molecule has 1 aliphatic heterocycles. The zero-order valence-corrected chi connectivity index (χ0v) is 24.9. The highest BCUT2D eigenvalue weighted by atomic mass is 79.9. The van der Waals surface area contributed by atoms with E-state index in [1.165, 1.54) is 25.3 Å². The molecule has 1 aromatic heterocycles. The summed E-state index contributed by atoms with van der Waals surface area (Å²) >= 11 is 4.16. The molecule has 2 heterocycles. The van der Waals surface area contributed by atoms with Crippen molar-refractivity contribution in [3.05, 3.63) is 80.8 Å².